The first-order valence-electron chi connectivity index (χ1n) is 10.9. The van der Waals surface area contributed by atoms with Crippen molar-refractivity contribution < 1.29 is 32.3 Å². The molecule has 11 heteroatoms. The lowest BCUT2D eigenvalue weighted by atomic mass is 9.84. The van der Waals surface area contributed by atoms with Gasteiger partial charge in [-0.15, -0.1) is 0 Å². The van der Waals surface area contributed by atoms with Crippen LogP contribution in [0.25, 0.3) is 0 Å². The van der Waals surface area contributed by atoms with E-state index in [0.717, 1.165) is 38.8 Å². The summed E-state index contributed by atoms with van der Waals surface area (Å²) >= 11 is 0. The Hall–Kier alpha value is -2.53. The minimum absolute atomic E-state index is 0.0699. The maximum Gasteiger partial charge on any atom is 0.492 e. The molecule has 1 saturated carbocycles. The molecule has 174 valence electrons. The minimum atomic E-state index is -5.19. The number of ether oxygens (including phenoxy) is 1. The van der Waals surface area contributed by atoms with Crippen LogP contribution in [0, 0.1) is 0 Å². The fourth-order valence-electron chi connectivity index (χ4n) is 4.83. The number of piperidine rings is 1. The fourth-order valence-corrected chi connectivity index (χ4v) is 4.83. The van der Waals surface area contributed by atoms with Gasteiger partial charge in [0.25, 0.3) is 5.91 Å². The van der Waals surface area contributed by atoms with E-state index in [9.17, 15) is 22.8 Å². The fraction of sp³-hybridized carbons (Fsp3) is 0.619. The molecule has 1 aliphatic carbocycles. The third-order valence-electron chi connectivity index (χ3n) is 6.65. The molecule has 3 heterocycles. The van der Waals surface area contributed by atoms with Crippen LogP contribution in [0.1, 0.15) is 55.6 Å². The first-order chi connectivity index (χ1) is 15.2. The van der Waals surface area contributed by atoms with E-state index in [1.807, 2.05) is 12.1 Å². The van der Waals surface area contributed by atoms with E-state index in [1.165, 1.54) is 11.1 Å². The molecule has 0 aromatic heterocycles. The summed E-state index contributed by atoms with van der Waals surface area (Å²) in [5.74, 6) is -1.51. The summed E-state index contributed by atoms with van der Waals surface area (Å²) in [5, 5.41) is 3.93. The number of nitrogens with zero attached hydrogens (tertiary/aromatic N) is 2. The summed E-state index contributed by atoms with van der Waals surface area (Å²) < 4.78 is 44.2. The Bertz CT molecular complexity index is 930. The van der Waals surface area contributed by atoms with Crippen LogP contribution in [0.5, 0.6) is 5.75 Å². The van der Waals surface area contributed by atoms with Gasteiger partial charge in [0.2, 0.25) is 0 Å². The van der Waals surface area contributed by atoms with Gasteiger partial charge in [0.05, 0.1) is 5.69 Å². The number of hydrogen-bond acceptors (Lipinski definition) is 7. The lowest BCUT2D eigenvalue weighted by Gasteiger charge is -2.48. The Morgan fingerprint density at radius 2 is 1.78 bits per heavy atom. The van der Waals surface area contributed by atoms with Crippen LogP contribution in [0.2, 0.25) is 0 Å². The number of hydrazine groups is 1. The van der Waals surface area contributed by atoms with Gasteiger partial charge in [-0.2, -0.15) is 13.2 Å². The molecule has 4 aliphatic rings. The summed E-state index contributed by atoms with van der Waals surface area (Å²) in [6, 6.07) is 3.38. The molecule has 0 radical (unpaired) electrons. The second kappa shape index (κ2) is 7.80. The molecule has 0 bridgehead atoms. The molecule has 0 spiro atoms. The average Bonchev–Trinajstić information content (AvgIpc) is 3.61. The van der Waals surface area contributed by atoms with Crippen molar-refractivity contribution in [2.24, 2.45) is 0 Å². The first-order valence-corrected chi connectivity index (χ1v) is 10.9. The van der Waals surface area contributed by atoms with Crippen LogP contribution in [-0.4, -0.2) is 55.1 Å². The van der Waals surface area contributed by atoms with Gasteiger partial charge in [-0.25, -0.2) is 4.79 Å². The van der Waals surface area contributed by atoms with E-state index in [2.05, 4.69) is 15.6 Å². The number of rotatable bonds is 3. The van der Waals surface area contributed by atoms with E-state index >= 15 is 0 Å². The van der Waals surface area contributed by atoms with Gasteiger partial charge in [-0.3, -0.25) is 10.2 Å². The molecule has 5 rings (SSSR count). The molecule has 3 aliphatic heterocycles. The average molecular weight is 454 g/mol. The number of carbonyl (C=O) groups is 2. The molecule has 8 nitrogen and oxygen atoms in total. The van der Waals surface area contributed by atoms with Crippen LogP contribution in [0.3, 0.4) is 0 Å². The van der Waals surface area contributed by atoms with E-state index < -0.39 is 30.3 Å². The predicted octanol–water partition coefficient (Wildman–Crippen LogP) is 2.31. The molecular weight excluding hydrogens is 429 g/mol. The maximum atomic E-state index is 12.8. The summed E-state index contributed by atoms with van der Waals surface area (Å²) in [6.45, 7) is 3.45. The molecule has 2 N–H and O–H groups in total. The lowest BCUT2D eigenvalue weighted by molar-refractivity contribution is -0.265. The topological polar surface area (TPSA) is 83.1 Å². The van der Waals surface area contributed by atoms with Gasteiger partial charge in [-0.1, -0.05) is 0 Å². The number of fused-ring (bicyclic) bond motifs is 3. The largest absolute Gasteiger partial charge is 0.492 e. The Balaban J connectivity index is 1.51. The number of nitrogens with one attached hydrogen (secondary N) is 2. The van der Waals surface area contributed by atoms with Gasteiger partial charge < -0.3 is 19.8 Å². The monoisotopic (exact) mass is 454 g/mol. The Labute approximate surface area is 182 Å². The zero-order valence-corrected chi connectivity index (χ0v) is 17.6. The third kappa shape index (κ3) is 3.77. The smallest absolute Gasteiger partial charge is 0.488 e. The van der Waals surface area contributed by atoms with Crippen LogP contribution < -0.4 is 20.4 Å². The molecule has 2 saturated heterocycles. The summed E-state index contributed by atoms with van der Waals surface area (Å²) in [5.41, 5.74) is 5.36. The number of benzene rings is 1. The van der Waals surface area contributed by atoms with Crippen molar-refractivity contribution in [3.8, 4) is 5.75 Å². The van der Waals surface area contributed by atoms with Crippen LogP contribution in [0.4, 0.5) is 18.9 Å². The summed E-state index contributed by atoms with van der Waals surface area (Å²) in [4.78, 5) is 30.1. The molecule has 1 aromatic rings. The second-order valence-electron chi connectivity index (χ2n) is 8.80. The molecule has 2 unspecified atom stereocenters. The van der Waals surface area contributed by atoms with E-state index in [0.29, 0.717) is 28.4 Å². The molecular formula is C21H25F3N4O4. The lowest BCUT2D eigenvalue weighted by Crippen LogP contribution is -2.70. The first kappa shape index (κ1) is 21.3. The summed E-state index contributed by atoms with van der Waals surface area (Å²) in [7, 11) is 0. The van der Waals surface area contributed by atoms with Crippen molar-refractivity contribution in [2.75, 3.05) is 24.6 Å². The predicted molar refractivity (Wildman–Crippen MR) is 107 cm³/mol. The van der Waals surface area contributed by atoms with Gasteiger partial charge in [0.1, 0.15) is 18.4 Å². The van der Waals surface area contributed by atoms with Gasteiger partial charge in [0, 0.05) is 0 Å². The molecule has 32 heavy (non-hydrogen) atoms. The summed E-state index contributed by atoms with van der Waals surface area (Å²) in [6.07, 6.45) is -1.86. The zero-order valence-electron chi connectivity index (χ0n) is 17.6. The molecule has 2 atom stereocenters. The normalized spacial score (nSPS) is 26.6. The highest BCUT2D eigenvalue weighted by molar-refractivity contribution is 5.87. The number of anilines is 1. The van der Waals surface area contributed by atoms with Gasteiger partial charge in [0.15, 0.2) is 6.17 Å². The minimum Gasteiger partial charge on any atom is -0.488 e. The number of hydrogen-bond donors (Lipinski definition) is 2. The van der Waals surface area contributed by atoms with Crippen LogP contribution in [-0.2, 0) is 14.4 Å². The number of amides is 1. The van der Waals surface area contributed by atoms with E-state index in [1.54, 1.807) is 11.8 Å². The van der Waals surface area contributed by atoms with Crippen molar-refractivity contribution in [2.45, 2.75) is 62.8 Å². The number of alkyl halides is 3. The molecule has 3 fully saturated rings. The Morgan fingerprint density at radius 3 is 2.44 bits per heavy atom. The third-order valence-corrected chi connectivity index (χ3v) is 6.65. The van der Waals surface area contributed by atoms with Gasteiger partial charge in [-0.05, 0) is 86.0 Å². The second-order valence-corrected chi connectivity index (χ2v) is 8.80. The van der Waals surface area contributed by atoms with E-state index in [-0.39, 0.29) is 6.61 Å². The zero-order chi connectivity index (χ0) is 22.6. The van der Waals surface area contributed by atoms with Crippen molar-refractivity contribution in [3.63, 3.8) is 0 Å². The van der Waals surface area contributed by atoms with Crippen molar-refractivity contribution in [1.82, 2.24) is 15.9 Å². The highest BCUT2D eigenvalue weighted by atomic mass is 19.4. The van der Waals surface area contributed by atoms with Crippen molar-refractivity contribution in [1.29, 1.82) is 0 Å². The standard InChI is InChI=1S/C21H25F3N4O4/c1-11-19(29)26-28(32-20(30)21(22,23)24)18-10-31-17-9-15(12-2-3-12)14(8-16(17)27(11)18)13-4-6-25-7-5-13/h8-9,11-13,18,25H,2-7,10H2,1H3,(H,26,29). The highest BCUT2D eigenvalue weighted by Crippen LogP contribution is 2.49. The van der Waals surface area contributed by atoms with Crippen LogP contribution >= 0.6 is 0 Å². The number of carbonyl (C=O) groups excluding carboxylic acids is 2. The van der Waals surface area contributed by atoms with E-state index in [4.69, 9.17) is 4.74 Å². The molecule has 1 amide bonds. The van der Waals surface area contributed by atoms with Crippen LogP contribution in [0.15, 0.2) is 12.1 Å². The Morgan fingerprint density at radius 1 is 1.12 bits per heavy atom. The number of hydroxylamine groups is 1. The maximum absolute atomic E-state index is 12.8. The SMILES string of the molecule is CC1C(=O)NN(OC(=O)C(F)(F)F)C2COc3cc(C4CC4)c(C4CCNCC4)cc3N12. The quantitative estimate of drug-likeness (QED) is 0.725. The number of halogens is 3. The van der Waals surface area contributed by atoms with Crippen molar-refractivity contribution >= 4 is 17.6 Å². The van der Waals surface area contributed by atoms with Crippen molar-refractivity contribution in [3.05, 3.63) is 23.3 Å². The highest BCUT2D eigenvalue weighted by Gasteiger charge is 2.49. The van der Waals surface area contributed by atoms with Gasteiger partial charge >= 0.3 is 12.1 Å². The Kier molecular flexibility index (Phi) is 5.20. The molecule has 1 aromatic carbocycles.